The number of benzene rings is 3. The fraction of sp³-hybridized carbons (Fsp3) is 0.143. The fourth-order valence-electron chi connectivity index (χ4n) is 2.15. The minimum Gasteiger partial charge on any atom is -0.781 e. The standard InChI is InChI=1S/3C7H9O3P.Al/c3*8-11(9)10-6-7-4-2-1-3-5-7;/h3*1-5,11H,6H2,(H,8,9);/q;;;+3/p-3. The van der Waals surface area contributed by atoms with E-state index in [9.17, 15) is 28.4 Å². The van der Waals surface area contributed by atoms with Crippen LogP contribution in [0.4, 0.5) is 0 Å². The molecule has 3 unspecified atom stereocenters. The maximum atomic E-state index is 10.0. The van der Waals surface area contributed by atoms with Gasteiger partial charge in [-0.1, -0.05) is 91.0 Å². The van der Waals surface area contributed by atoms with E-state index in [1.807, 2.05) is 91.0 Å². The van der Waals surface area contributed by atoms with Crippen molar-refractivity contribution in [2.24, 2.45) is 0 Å². The summed E-state index contributed by atoms with van der Waals surface area (Å²) in [6, 6.07) is 27.5. The van der Waals surface area contributed by atoms with E-state index in [1.54, 1.807) is 0 Å². The van der Waals surface area contributed by atoms with Crippen molar-refractivity contribution in [3.8, 4) is 0 Å². The molecule has 0 N–H and O–H groups in total. The molecule has 0 spiro atoms. The Bertz CT molecular complexity index is 838. The van der Waals surface area contributed by atoms with Gasteiger partial charge in [0, 0.05) is 0 Å². The van der Waals surface area contributed by atoms with Crippen LogP contribution in [0.1, 0.15) is 16.7 Å². The maximum absolute atomic E-state index is 10.0. The van der Waals surface area contributed by atoms with E-state index in [0.717, 1.165) is 16.7 Å². The van der Waals surface area contributed by atoms with Gasteiger partial charge in [-0.25, -0.2) is 0 Å². The van der Waals surface area contributed by atoms with Crippen molar-refractivity contribution in [3.05, 3.63) is 108 Å². The molecular formula is C21H24AlO9P3. The minimum atomic E-state index is -3.03. The van der Waals surface area contributed by atoms with E-state index in [2.05, 4.69) is 13.6 Å². The van der Waals surface area contributed by atoms with Crippen molar-refractivity contribution in [2.45, 2.75) is 19.8 Å². The van der Waals surface area contributed by atoms with Crippen LogP contribution >= 0.6 is 24.8 Å². The van der Waals surface area contributed by atoms with Gasteiger partial charge in [0.2, 0.25) is 0 Å². The third-order valence-corrected chi connectivity index (χ3v) is 4.74. The number of hydrogen-bond donors (Lipinski definition) is 0. The first-order valence-corrected chi connectivity index (χ1v) is 13.2. The molecule has 13 heteroatoms. The van der Waals surface area contributed by atoms with E-state index < -0.39 is 24.8 Å². The van der Waals surface area contributed by atoms with Gasteiger partial charge in [-0.15, -0.1) is 0 Å². The third-order valence-electron chi connectivity index (χ3n) is 3.60. The molecule has 0 heterocycles. The Hall–Kier alpha value is -1.36. The first-order valence-electron chi connectivity index (χ1n) is 9.50. The molecule has 3 aromatic rings. The van der Waals surface area contributed by atoms with Crippen LogP contribution in [0.2, 0.25) is 0 Å². The van der Waals surface area contributed by atoms with E-state index >= 15 is 0 Å². The molecule has 180 valence electrons. The molecule has 34 heavy (non-hydrogen) atoms. The van der Waals surface area contributed by atoms with Crippen molar-refractivity contribution in [2.75, 3.05) is 0 Å². The van der Waals surface area contributed by atoms with Gasteiger partial charge in [-0.3, -0.25) is 0 Å². The average molecular weight is 540 g/mol. The summed E-state index contributed by atoms with van der Waals surface area (Å²) in [5.74, 6) is 0. The normalized spacial score (nSPS) is 12.4. The first kappa shape index (κ1) is 32.6. The van der Waals surface area contributed by atoms with Gasteiger partial charge < -0.3 is 41.9 Å². The largest absolute Gasteiger partial charge is 3.00 e. The van der Waals surface area contributed by atoms with Crippen LogP contribution < -0.4 is 14.7 Å². The summed E-state index contributed by atoms with van der Waals surface area (Å²) < 4.78 is 43.3. The Kier molecular flexibility index (Phi) is 20.1. The Labute approximate surface area is 211 Å². The molecule has 3 atom stereocenters. The van der Waals surface area contributed by atoms with Crippen LogP contribution in [0, 0.1) is 0 Å². The molecule has 0 radical (unpaired) electrons. The van der Waals surface area contributed by atoms with Crippen molar-refractivity contribution >= 4 is 42.1 Å². The molecule has 0 fully saturated rings. The average Bonchev–Trinajstić information content (AvgIpc) is 2.83. The summed E-state index contributed by atoms with van der Waals surface area (Å²) in [5, 5.41) is 0. The molecule has 9 nitrogen and oxygen atoms in total. The summed E-state index contributed by atoms with van der Waals surface area (Å²) in [5.41, 5.74) is 2.59. The predicted octanol–water partition coefficient (Wildman–Crippen LogP) is 2.48. The third kappa shape index (κ3) is 19.0. The van der Waals surface area contributed by atoms with Gasteiger partial charge in [-0.2, -0.15) is 0 Å². The van der Waals surface area contributed by atoms with Gasteiger partial charge >= 0.3 is 17.4 Å². The molecule has 0 aromatic heterocycles. The van der Waals surface area contributed by atoms with Crippen molar-refractivity contribution < 1.29 is 41.9 Å². The molecule has 0 amide bonds. The molecule has 0 saturated heterocycles. The Morgan fingerprint density at radius 1 is 0.471 bits per heavy atom. The summed E-state index contributed by atoms with van der Waals surface area (Å²) in [4.78, 5) is 30.1. The van der Waals surface area contributed by atoms with Crippen LogP contribution in [-0.2, 0) is 47.1 Å². The molecule has 0 saturated carbocycles. The van der Waals surface area contributed by atoms with Gasteiger partial charge in [-0.05, 0) is 16.7 Å². The Morgan fingerprint density at radius 3 is 0.853 bits per heavy atom. The topological polar surface area (TPSA) is 148 Å². The molecule has 0 aliphatic heterocycles. The van der Waals surface area contributed by atoms with Crippen LogP contribution in [0.25, 0.3) is 0 Å². The smallest absolute Gasteiger partial charge is 0.781 e. The summed E-state index contributed by atoms with van der Waals surface area (Å²) in [6.07, 6.45) is 0. The molecule has 0 bridgehead atoms. The quantitative estimate of drug-likeness (QED) is 0.295. The maximum Gasteiger partial charge on any atom is 3.00 e. The second kappa shape index (κ2) is 21.0. The summed E-state index contributed by atoms with van der Waals surface area (Å²) >= 11 is 0. The Balaban J connectivity index is 0.000000473. The zero-order valence-corrected chi connectivity index (χ0v) is 22.2. The molecule has 3 aromatic carbocycles. The van der Waals surface area contributed by atoms with Gasteiger partial charge in [0.25, 0.3) is 0 Å². The van der Waals surface area contributed by atoms with Crippen LogP contribution in [0.3, 0.4) is 0 Å². The molecule has 0 aliphatic carbocycles. The second-order valence-electron chi connectivity index (χ2n) is 6.07. The van der Waals surface area contributed by atoms with Gasteiger partial charge in [0.05, 0.1) is 19.8 Å². The summed E-state index contributed by atoms with van der Waals surface area (Å²) in [6.45, 7) is 0.423. The van der Waals surface area contributed by atoms with Crippen LogP contribution in [0.5, 0.6) is 0 Å². The molecular weight excluding hydrogens is 516 g/mol. The second-order valence-corrected chi connectivity index (χ2v) is 8.44. The van der Waals surface area contributed by atoms with Crippen molar-refractivity contribution in [1.82, 2.24) is 0 Å². The van der Waals surface area contributed by atoms with E-state index in [-0.39, 0.29) is 37.2 Å². The number of hydrogen-bond acceptors (Lipinski definition) is 9. The van der Waals surface area contributed by atoms with Gasteiger partial charge in [0.15, 0.2) is 0 Å². The fourth-order valence-corrected chi connectivity index (χ4v) is 3.00. The number of rotatable bonds is 9. The summed E-state index contributed by atoms with van der Waals surface area (Å²) in [7, 11) is -9.10. The minimum absolute atomic E-state index is 0. The molecule has 3 rings (SSSR count). The zero-order valence-electron chi connectivity index (χ0n) is 18.0. The van der Waals surface area contributed by atoms with Crippen LogP contribution in [0.15, 0.2) is 91.0 Å². The van der Waals surface area contributed by atoms with E-state index in [4.69, 9.17) is 0 Å². The first-order chi connectivity index (χ1) is 15.9. The van der Waals surface area contributed by atoms with E-state index in [1.165, 1.54) is 0 Å². The van der Waals surface area contributed by atoms with Crippen molar-refractivity contribution in [1.29, 1.82) is 0 Å². The van der Waals surface area contributed by atoms with Crippen LogP contribution in [-0.4, -0.2) is 17.4 Å². The monoisotopic (exact) mass is 540 g/mol. The predicted molar refractivity (Wildman–Crippen MR) is 126 cm³/mol. The van der Waals surface area contributed by atoms with Gasteiger partial charge in [0.1, 0.15) is 24.8 Å². The Morgan fingerprint density at radius 2 is 0.676 bits per heavy atom. The van der Waals surface area contributed by atoms with E-state index in [0.29, 0.717) is 0 Å². The zero-order chi connectivity index (χ0) is 24.3. The SMILES string of the molecule is O=[PH]([O-])OCc1ccccc1.O=[PH]([O-])OCc1ccccc1.O=[PH]([O-])OCc1ccccc1.[Al+3]. The van der Waals surface area contributed by atoms with Crippen molar-refractivity contribution in [3.63, 3.8) is 0 Å². The molecule has 0 aliphatic rings.